The molecule has 3 heterocycles. The van der Waals surface area contributed by atoms with Crippen LogP contribution in [0, 0.1) is 0 Å². The Morgan fingerprint density at radius 1 is 1.27 bits per heavy atom. The van der Waals surface area contributed by atoms with Gasteiger partial charge in [0.15, 0.2) is 0 Å². The first-order valence-electron chi connectivity index (χ1n) is 6.80. The van der Waals surface area contributed by atoms with E-state index in [0.717, 1.165) is 17.0 Å². The zero-order valence-electron chi connectivity index (χ0n) is 11.8. The molecule has 0 saturated heterocycles. The predicted octanol–water partition coefficient (Wildman–Crippen LogP) is 2.80. The van der Waals surface area contributed by atoms with Crippen LogP contribution in [0.2, 0.25) is 0 Å². The topological polar surface area (TPSA) is 64.9 Å². The van der Waals surface area contributed by atoms with E-state index in [-0.39, 0.29) is 6.04 Å². The molecule has 7 heteroatoms. The summed E-state index contributed by atoms with van der Waals surface area (Å²) in [5.41, 5.74) is 2.01. The van der Waals surface area contributed by atoms with Gasteiger partial charge in [-0.3, -0.25) is 0 Å². The Morgan fingerprint density at radius 3 is 3.05 bits per heavy atom. The maximum atomic E-state index is 5.30. The van der Waals surface area contributed by atoms with Crippen LogP contribution in [-0.4, -0.2) is 27.3 Å². The van der Waals surface area contributed by atoms with Gasteiger partial charge in [0.05, 0.1) is 7.11 Å². The first kappa shape index (κ1) is 13.0. The largest absolute Gasteiger partial charge is 0.497 e. The number of methoxy groups -OCH3 is 1. The van der Waals surface area contributed by atoms with E-state index in [1.54, 1.807) is 23.1 Å². The van der Waals surface area contributed by atoms with Crippen LogP contribution in [0.15, 0.2) is 47.9 Å². The van der Waals surface area contributed by atoms with Crippen LogP contribution in [0.3, 0.4) is 0 Å². The van der Waals surface area contributed by atoms with Crippen molar-refractivity contribution in [3.63, 3.8) is 0 Å². The van der Waals surface area contributed by atoms with Gasteiger partial charge >= 0.3 is 0 Å². The van der Waals surface area contributed by atoms with Crippen molar-refractivity contribution in [3.8, 4) is 5.75 Å². The van der Waals surface area contributed by atoms with E-state index in [0.29, 0.717) is 5.95 Å². The summed E-state index contributed by atoms with van der Waals surface area (Å²) < 4.78 is 7.09. The molecule has 3 aromatic rings. The SMILES string of the molecule is COc1cccc(C2=C[C@H](c3cccs3)n3nnnc3N2)c1. The second-order valence-electron chi connectivity index (χ2n) is 4.84. The Morgan fingerprint density at radius 2 is 2.23 bits per heavy atom. The fourth-order valence-electron chi connectivity index (χ4n) is 2.48. The number of aromatic nitrogens is 4. The first-order chi connectivity index (χ1) is 10.8. The van der Waals surface area contributed by atoms with Gasteiger partial charge in [-0.15, -0.1) is 11.3 Å². The Kier molecular flexibility index (Phi) is 3.12. The average molecular weight is 311 g/mol. The standard InChI is InChI=1S/C15H13N5OS/c1-21-11-5-2-4-10(8-11)12-9-13(14-6-3-7-22-14)20-15(16-12)17-18-19-20/h2-9,13H,1H3,(H,16,17,19)/t13-/m1/s1. The van der Waals surface area contributed by atoms with Gasteiger partial charge in [-0.05, 0) is 40.1 Å². The summed E-state index contributed by atoms with van der Waals surface area (Å²) in [4.78, 5) is 1.19. The lowest BCUT2D eigenvalue weighted by atomic mass is 10.1. The van der Waals surface area contributed by atoms with Crippen LogP contribution in [0.25, 0.3) is 5.70 Å². The van der Waals surface area contributed by atoms with Crippen LogP contribution >= 0.6 is 11.3 Å². The first-order valence-corrected chi connectivity index (χ1v) is 7.67. The second kappa shape index (κ2) is 5.27. The quantitative estimate of drug-likeness (QED) is 0.806. The number of rotatable bonds is 3. The van der Waals surface area contributed by atoms with Gasteiger partial charge in [-0.25, -0.2) is 0 Å². The minimum Gasteiger partial charge on any atom is -0.497 e. The third-order valence-electron chi connectivity index (χ3n) is 3.54. The van der Waals surface area contributed by atoms with E-state index in [9.17, 15) is 0 Å². The third kappa shape index (κ3) is 2.15. The maximum absolute atomic E-state index is 5.30. The minimum atomic E-state index is -0.00699. The van der Waals surface area contributed by atoms with Crippen molar-refractivity contribution in [1.82, 2.24) is 20.2 Å². The van der Waals surface area contributed by atoms with Gasteiger partial charge in [0.25, 0.3) is 0 Å². The summed E-state index contributed by atoms with van der Waals surface area (Å²) in [6.45, 7) is 0. The van der Waals surface area contributed by atoms with Gasteiger partial charge in [0.2, 0.25) is 5.95 Å². The number of tetrazole rings is 1. The highest BCUT2D eigenvalue weighted by atomic mass is 32.1. The molecule has 0 radical (unpaired) electrons. The highest BCUT2D eigenvalue weighted by Gasteiger charge is 2.24. The monoisotopic (exact) mass is 311 g/mol. The van der Waals surface area contributed by atoms with E-state index >= 15 is 0 Å². The third-order valence-corrected chi connectivity index (χ3v) is 4.49. The number of hydrogen-bond acceptors (Lipinski definition) is 6. The van der Waals surface area contributed by atoms with Crippen molar-refractivity contribution in [3.05, 3.63) is 58.3 Å². The summed E-state index contributed by atoms with van der Waals surface area (Å²) >= 11 is 1.69. The molecule has 0 bridgehead atoms. The van der Waals surface area contributed by atoms with Crippen molar-refractivity contribution >= 4 is 23.0 Å². The molecular weight excluding hydrogens is 298 g/mol. The second-order valence-corrected chi connectivity index (χ2v) is 5.82. The molecule has 0 saturated carbocycles. The molecule has 6 nitrogen and oxygen atoms in total. The number of ether oxygens (including phenoxy) is 1. The summed E-state index contributed by atoms with van der Waals surface area (Å²) in [5, 5.41) is 17.2. The highest BCUT2D eigenvalue weighted by molar-refractivity contribution is 7.10. The summed E-state index contributed by atoms with van der Waals surface area (Å²) in [7, 11) is 1.66. The molecule has 1 N–H and O–H groups in total. The smallest absolute Gasteiger partial charge is 0.248 e. The fourth-order valence-corrected chi connectivity index (χ4v) is 3.25. The van der Waals surface area contributed by atoms with Gasteiger partial charge in [-0.2, -0.15) is 4.68 Å². The summed E-state index contributed by atoms with van der Waals surface area (Å²) in [6.07, 6.45) is 2.13. The van der Waals surface area contributed by atoms with Crippen LogP contribution in [0.1, 0.15) is 16.5 Å². The predicted molar refractivity (Wildman–Crippen MR) is 84.9 cm³/mol. The van der Waals surface area contributed by atoms with Gasteiger partial charge < -0.3 is 10.1 Å². The molecule has 1 aromatic carbocycles. The number of fused-ring (bicyclic) bond motifs is 1. The maximum Gasteiger partial charge on any atom is 0.248 e. The Bertz CT molecular complexity index is 824. The summed E-state index contributed by atoms with van der Waals surface area (Å²) in [6, 6.07) is 12.0. The van der Waals surface area contributed by atoms with Gasteiger partial charge in [0, 0.05) is 16.1 Å². The molecule has 4 rings (SSSR count). The summed E-state index contributed by atoms with van der Waals surface area (Å²) in [5.74, 6) is 1.46. The molecule has 0 unspecified atom stereocenters. The minimum absolute atomic E-state index is 0.00699. The molecule has 2 aromatic heterocycles. The number of nitrogens with zero attached hydrogens (tertiary/aromatic N) is 4. The molecular formula is C15H13N5OS. The van der Waals surface area contributed by atoms with Crippen LogP contribution < -0.4 is 10.1 Å². The number of allylic oxidation sites excluding steroid dienone is 1. The Hall–Kier alpha value is -2.67. The lowest BCUT2D eigenvalue weighted by Crippen LogP contribution is -2.19. The lowest BCUT2D eigenvalue weighted by Gasteiger charge is -2.22. The average Bonchev–Trinajstić information content (AvgIpc) is 3.25. The molecule has 1 aliphatic heterocycles. The number of hydrogen-bond donors (Lipinski definition) is 1. The number of anilines is 1. The van der Waals surface area contributed by atoms with Crippen molar-refractivity contribution in [2.75, 3.05) is 12.4 Å². The van der Waals surface area contributed by atoms with E-state index in [2.05, 4.69) is 38.4 Å². The van der Waals surface area contributed by atoms with E-state index in [1.165, 1.54) is 4.88 Å². The fraction of sp³-hybridized carbons (Fsp3) is 0.133. The van der Waals surface area contributed by atoms with Crippen LogP contribution in [0.5, 0.6) is 5.75 Å². The van der Waals surface area contributed by atoms with E-state index in [4.69, 9.17) is 4.74 Å². The van der Waals surface area contributed by atoms with E-state index in [1.807, 2.05) is 30.3 Å². The number of benzene rings is 1. The molecule has 1 atom stereocenters. The van der Waals surface area contributed by atoms with Crippen molar-refractivity contribution in [2.45, 2.75) is 6.04 Å². The highest BCUT2D eigenvalue weighted by Crippen LogP contribution is 2.34. The number of nitrogens with one attached hydrogen (secondary N) is 1. The number of thiophene rings is 1. The molecule has 110 valence electrons. The van der Waals surface area contributed by atoms with Crippen LogP contribution in [0.4, 0.5) is 5.95 Å². The Balaban J connectivity index is 1.80. The molecule has 1 aliphatic rings. The Labute approximate surface area is 131 Å². The molecule has 0 spiro atoms. The van der Waals surface area contributed by atoms with Crippen molar-refractivity contribution in [1.29, 1.82) is 0 Å². The zero-order chi connectivity index (χ0) is 14.9. The van der Waals surface area contributed by atoms with E-state index < -0.39 is 0 Å². The molecule has 22 heavy (non-hydrogen) atoms. The van der Waals surface area contributed by atoms with Crippen LogP contribution in [-0.2, 0) is 0 Å². The molecule has 0 aliphatic carbocycles. The van der Waals surface area contributed by atoms with Gasteiger partial charge in [-0.1, -0.05) is 23.3 Å². The van der Waals surface area contributed by atoms with Crippen molar-refractivity contribution in [2.24, 2.45) is 0 Å². The molecule has 0 fully saturated rings. The molecule has 0 amide bonds. The van der Waals surface area contributed by atoms with Gasteiger partial charge in [0.1, 0.15) is 11.8 Å². The lowest BCUT2D eigenvalue weighted by molar-refractivity contribution is 0.414. The zero-order valence-corrected chi connectivity index (χ0v) is 12.6. The normalized spacial score (nSPS) is 16.6. The van der Waals surface area contributed by atoms with Crippen molar-refractivity contribution < 1.29 is 4.74 Å².